The van der Waals surface area contributed by atoms with E-state index in [9.17, 15) is 14.9 Å². The molecule has 0 aromatic carbocycles. The Balaban J connectivity index is 3.01. The Hall–Kier alpha value is -1.93. The summed E-state index contributed by atoms with van der Waals surface area (Å²) >= 11 is 5.80. The predicted molar refractivity (Wildman–Crippen MR) is 67.4 cm³/mol. The molecule has 1 aromatic heterocycles. The number of methoxy groups -OCH3 is 1. The van der Waals surface area contributed by atoms with Gasteiger partial charge in [-0.15, -0.1) is 0 Å². The van der Waals surface area contributed by atoms with Crippen molar-refractivity contribution < 1.29 is 19.6 Å². The average Bonchev–Trinajstić information content (AvgIpc) is 2.35. The van der Waals surface area contributed by atoms with E-state index in [1.165, 1.54) is 13.3 Å². The molecule has 0 aliphatic rings. The molecule has 1 rings (SSSR count). The maximum Gasteiger partial charge on any atom is 0.326 e. The van der Waals surface area contributed by atoms with Gasteiger partial charge in [0.1, 0.15) is 17.9 Å². The first-order valence-electron chi connectivity index (χ1n) is 5.23. The van der Waals surface area contributed by atoms with E-state index < -0.39 is 16.9 Å². The third kappa shape index (κ3) is 4.04. The molecular weight excluding hydrogens is 278 g/mol. The van der Waals surface area contributed by atoms with Gasteiger partial charge in [-0.2, -0.15) is 0 Å². The number of carbonyl (C=O) groups is 1. The predicted octanol–water partition coefficient (Wildman–Crippen LogP) is 1.54. The molecule has 0 aliphatic carbocycles. The van der Waals surface area contributed by atoms with Crippen LogP contribution < -0.4 is 5.32 Å². The summed E-state index contributed by atoms with van der Waals surface area (Å²) in [5, 5.41) is 22.4. The molecule has 1 aromatic rings. The maximum absolute atomic E-state index is 11.1. The third-order valence-corrected chi connectivity index (χ3v) is 2.59. The van der Waals surface area contributed by atoms with Gasteiger partial charge in [0.15, 0.2) is 0 Å². The van der Waals surface area contributed by atoms with Crippen LogP contribution in [0.4, 0.5) is 11.4 Å². The van der Waals surface area contributed by atoms with Gasteiger partial charge in [-0.1, -0.05) is 11.6 Å². The first kappa shape index (κ1) is 15.1. The first-order valence-corrected chi connectivity index (χ1v) is 5.61. The molecule has 9 heteroatoms. The number of carboxylic acids is 1. The van der Waals surface area contributed by atoms with Crippen molar-refractivity contribution in [1.82, 2.24) is 4.98 Å². The summed E-state index contributed by atoms with van der Waals surface area (Å²) < 4.78 is 4.79. The zero-order chi connectivity index (χ0) is 14.4. The zero-order valence-electron chi connectivity index (χ0n) is 10.00. The number of ether oxygens (including phenoxy) is 1. The topological polar surface area (TPSA) is 115 Å². The number of hydrogen-bond donors (Lipinski definition) is 2. The van der Waals surface area contributed by atoms with Crippen LogP contribution >= 0.6 is 11.6 Å². The fraction of sp³-hybridized carbons (Fsp3) is 0.400. The summed E-state index contributed by atoms with van der Waals surface area (Å²) in [5.41, 5.74) is -0.443. The highest BCUT2D eigenvalue weighted by molar-refractivity contribution is 6.33. The van der Waals surface area contributed by atoms with E-state index in [-0.39, 0.29) is 29.4 Å². The van der Waals surface area contributed by atoms with Crippen molar-refractivity contribution in [3.63, 3.8) is 0 Å². The molecule has 0 radical (unpaired) electrons. The number of nitro groups is 1. The molecule has 8 nitrogen and oxygen atoms in total. The van der Waals surface area contributed by atoms with Crippen LogP contribution in [0.1, 0.15) is 6.42 Å². The number of rotatable bonds is 7. The zero-order valence-corrected chi connectivity index (χ0v) is 10.8. The smallest absolute Gasteiger partial charge is 0.326 e. The maximum atomic E-state index is 11.1. The van der Waals surface area contributed by atoms with Crippen LogP contribution in [0.5, 0.6) is 0 Å². The fourth-order valence-corrected chi connectivity index (χ4v) is 1.58. The second kappa shape index (κ2) is 6.86. The lowest BCUT2D eigenvalue weighted by atomic mass is 10.2. The standard InChI is InChI=1S/C10H12ClN3O5/c1-19-3-2-7(10(15)16)13-9-6(11)4-12-5-8(9)14(17)18/h4-5,7H,2-3H2,1H3,(H,12,13)(H,15,16). The number of halogens is 1. The number of aromatic nitrogens is 1. The number of carboxylic acid groups (broad SMARTS) is 1. The van der Waals surface area contributed by atoms with Crippen LogP contribution in [0.3, 0.4) is 0 Å². The van der Waals surface area contributed by atoms with Crippen LogP contribution in [0.25, 0.3) is 0 Å². The molecule has 0 spiro atoms. The van der Waals surface area contributed by atoms with Gasteiger partial charge in [0.2, 0.25) is 0 Å². The van der Waals surface area contributed by atoms with Crippen LogP contribution in [-0.4, -0.2) is 40.7 Å². The van der Waals surface area contributed by atoms with Gasteiger partial charge in [-0.3, -0.25) is 15.1 Å². The van der Waals surface area contributed by atoms with Crippen LogP contribution in [0, 0.1) is 10.1 Å². The second-order valence-corrected chi connectivity index (χ2v) is 4.00. The quantitative estimate of drug-likeness (QED) is 0.578. The van der Waals surface area contributed by atoms with Crippen LogP contribution in [0.15, 0.2) is 12.4 Å². The number of aliphatic carboxylic acids is 1. The number of nitrogens with zero attached hydrogens (tertiary/aromatic N) is 2. The van der Waals surface area contributed by atoms with Gasteiger partial charge in [-0.25, -0.2) is 4.79 Å². The Kier molecular flexibility index (Phi) is 5.46. The monoisotopic (exact) mass is 289 g/mol. The minimum atomic E-state index is -1.15. The Labute approximate surface area is 113 Å². The van der Waals surface area contributed by atoms with E-state index in [0.29, 0.717) is 0 Å². The molecule has 0 saturated heterocycles. The Morgan fingerprint density at radius 3 is 2.89 bits per heavy atom. The van der Waals surface area contributed by atoms with Gasteiger partial charge < -0.3 is 15.2 Å². The van der Waals surface area contributed by atoms with Crippen LogP contribution in [-0.2, 0) is 9.53 Å². The summed E-state index contributed by atoms with van der Waals surface area (Å²) in [5.74, 6) is -1.15. The summed E-state index contributed by atoms with van der Waals surface area (Å²) in [4.78, 5) is 24.8. The largest absolute Gasteiger partial charge is 0.480 e. The molecule has 104 valence electrons. The number of anilines is 1. The minimum absolute atomic E-state index is 0.0159. The molecule has 19 heavy (non-hydrogen) atoms. The highest BCUT2D eigenvalue weighted by atomic mass is 35.5. The van der Waals surface area contributed by atoms with Crippen molar-refractivity contribution in [3.8, 4) is 0 Å². The summed E-state index contributed by atoms with van der Waals surface area (Å²) in [6.45, 7) is 0.195. The molecule has 2 N–H and O–H groups in total. The SMILES string of the molecule is COCCC(Nc1c(Cl)cncc1[N+](=O)[O-])C(=O)O. The number of hydrogen-bond acceptors (Lipinski definition) is 6. The molecule has 0 amide bonds. The molecule has 0 fully saturated rings. The van der Waals surface area contributed by atoms with E-state index in [4.69, 9.17) is 21.4 Å². The van der Waals surface area contributed by atoms with Crippen molar-refractivity contribution >= 4 is 28.9 Å². The van der Waals surface area contributed by atoms with Crippen molar-refractivity contribution in [2.24, 2.45) is 0 Å². The van der Waals surface area contributed by atoms with Gasteiger partial charge >= 0.3 is 11.7 Å². The lowest BCUT2D eigenvalue weighted by Crippen LogP contribution is -2.31. The normalized spacial score (nSPS) is 11.9. The van der Waals surface area contributed by atoms with E-state index in [1.807, 2.05) is 0 Å². The molecular formula is C10H12ClN3O5. The Morgan fingerprint density at radius 2 is 2.37 bits per heavy atom. The molecule has 0 bridgehead atoms. The van der Waals surface area contributed by atoms with Crippen molar-refractivity contribution in [3.05, 3.63) is 27.5 Å². The number of pyridine rings is 1. The molecule has 0 aliphatic heterocycles. The highest BCUT2D eigenvalue weighted by Crippen LogP contribution is 2.31. The van der Waals surface area contributed by atoms with Gasteiger partial charge in [-0.05, 0) is 0 Å². The van der Waals surface area contributed by atoms with Crippen molar-refractivity contribution in [1.29, 1.82) is 0 Å². The molecule has 1 atom stereocenters. The van der Waals surface area contributed by atoms with Crippen molar-refractivity contribution in [2.45, 2.75) is 12.5 Å². The lowest BCUT2D eigenvalue weighted by Gasteiger charge is -2.15. The van der Waals surface area contributed by atoms with Crippen LogP contribution in [0.2, 0.25) is 5.02 Å². The second-order valence-electron chi connectivity index (χ2n) is 3.59. The minimum Gasteiger partial charge on any atom is -0.480 e. The van der Waals surface area contributed by atoms with E-state index in [0.717, 1.165) is 6.20 Å². The molecule has 1 unspecified atom stereocenters. The molecule has 0 saturated carbocycles. The van der Waals surface area contributed by atoms with Gasteiger partial charge in [0.25, 0.3) is 0 Å². The van der Waals surface area contributed by atoms with Gasteiger partial charge in [0.05, 0.1) is 9.95 Å². The third-order valence-electron chi connectivity index (χ3n) is 2.30. The average molecular weight is 290 g/mol. The molecule has 1 heterocycles. The Bertz CT molecular complexity index is 482. The Morgan fingerprint density at radius 1 is 1.68 bits per heavy atom. The van der Waals surface area contributed by atoms with E-state index in [2.05, 4.69) is 10.3 Å². The van der Waals surface area contributed by atoms with Gasteiger partial charge in [0, 0.05) is 26.3 Å². The van der Waals surface area contributed by atoms with E-state index >= 15 is 0 Å². The highest BCUT2D eigenvalue weighted by Gasteiger charge is 2.24. The summed E-state index contributed by atoms with van der Waals surface area (Å²) in [6, 6.07) is -1.04. The van der Waals surface area contributed by atoms with E-state index in [1.54, 1.807) is 0 Å². The summed E-state index contributed by atoms with van der Waals surface area (Å²) in [7, 11) is 1.43. The number of nitrogens with one attached hydrogen (secondary N) is 1. The fourth-order valence-electron chi connectivity index (χ4n) is 1.37. The summed E-state index contributed by atoms with van der Waals surface area (Å²) in [6.07, 6.45) is 2.34. The van der Waals surface area contributed by atoms with Crippen molar-refractivity contribution in [2.75, 3.05) is 19.0 Å². The lowest BCUT2D eigenvalue weighted by molar-refractivity contribution is -0.384. The first-order chi connectivity index (χ1) is 8.97.